The third-order valence-corrected chi connectivity index (χ3v) is 13.4. The molecule has 0 aliphatic heterocycles. The number of unbranched alkanes of at least 4 members (excludes halogenated alkanes) is 40. The average molecular weight is 944 g/mol. The average Bonchev–Trinajstić information content (AvgIpc) is 3.33. The van der Waals surface area contributed by atoms with Gasteiger partial charge in [0.15, 0.2) is 6.10 Å². The smallest absolute Gasteiger partial charge is 0.306 e. The summed E-state index contributed by atoms with van der Waals surface area (Å²) in [5.41, 5.74) is 0. The summed E-state index contributed by atoms with van der Waals surface area (Å²) in [7, 11) is 0. The molecular formula is C61H114O6. The lowest BCUT2D eigenvalue weighted by Crippen LogP contribution is -2.30. The highest BCUT2D eigenvalue weighted by Crippen LogP contribution is 2.17. The van der Waals surface area contributed by atoms with Crippen molar-refractivity contribution >= 4 is 17.9 Å². The second-order valence-electron chi connectivity index (χ2n) is 20.3. The van der Waals surface area contributed by atoms with Crippen LogP contribution in [0.15, 0.2) is 24.3 Å². The van der Waals surface area contributed by atoms with Gasteiger partial charge in [-0.05, 0) is 70.6 Å². The fourth-order valence-electron chi connectivity index (χ4n) is 8.91. The molecular weight excluding hydrogens is 829 g/mol. The van der Waals surface area contributed by atoms with Gasteiger partial charge in [0.05, 0.1) is 0 Å². The third kappa shape index (κ3) is 54.7. The van der Waals surface area contributed by atoms with Gasteiger partial charge in [-0.1, -0.05) is 263 Å². The molecule has 0 saturated heterocycles. The van der Waals surface area contributed by atoms with Crippen molar-refractivity contribution in [2.45, 2.75) is 335 Å². The van der Waals surface area contributed by atoms with Gasteiger partial charge in [0.1, 0.15) is 13.2 Å². The molecule has 6 nitrogen and oxygen atoms in total. The number of esters is 3. The fourth-order valence-corrected chi connectivity index (χ4v) is 8.91. The highest BCUT2D eigenvalue weighted by Gasteiger charge is 2.19. The molecule has 0 N–H and O–H groups in total. The minimum atomic E-state index is -0.772. The van der Waals surface area contributed by atoms with Gasteiger partial charge >= 0.3 is 17.9 Å². The van der Waals surface area contributed by atoms with Crippen molar-refractivity contribution in [2.24, 2.45) is 0 Å². The Kier molecular flexibility index (Phi) is 54.7. The van der Waals surface area contributed by atoms with Crippen molar-refractivity contribution in [3.8, 4) is 0 Å². The van der Waals surface area contributed by atoms with Gasteiger partial charge in [0, 0.05) is 19.3 Å². The van der Waals surface area contributed by atoms with Crippen LogP contribution in [-0.4, -0.2) is 37.2 Å². The first-order valence-corrected chi connectivity index (χ1v) is 29.8. The first-order valence-electron chi connectivity index (χ1n) is 29.8. The van der Waals surface area contributed by atoms with Gasteiger partial charge in [-0.3, -0.25) is 14.4 Å². The van der Waals surface area contributed by atoms with E-state index in [4.69, 9.17) is 14.2 Å². The maximum atomic E-state index is 12.9. The number of carbonyl (C=O) groups excluding carboxylic acids is 3. The Morgan fingerprint density at radius 3 is 0.746 bits per heavy atom. The van der Waals surface area contributed by atoms with E-state index < -0.39 is 6.10 Å². The number of hydrogen-bond donors (Lipinski definition) is 0. The van der Waals surface area contributed by atoms with E-state index in [9.17, 15) is 14.4 Å². The van der Waals surface area contributed by atoms with Crippen LogP contribution >= 0.6 is 0 Å². The van der Waals surface area contributed by atoms with Gasteiger partial charge in [-0.25, -0.2) is 0 Å². The maximum absolute atomic E-state index is 12.9. The zero-order valence-electron chi connectivity index (χ0n) is 45.2. The van der Waals surface area contributed by atoms with Gasteiger partial charge < -0.3 is 14.2 Å². The Balaban J connectivity index is 4.34. The maximum Gasteiger partial charge on any atom is 0.306 e. The van der Waals surface area contributed by atoms with Crippen LogP contribution in [-0.2, 0) is 28.6 Å². The van der Waals surface area contributed by atoms with E-state index in [0.717, 1.165) is 64.2 Å². The van der Waals surface area contributed by atoms with Crippen LogP contribution in [0.2, 0.25) is 0 Å². The van der Waals surface area contributed by atoms with E-state index in [1.165, 1.54) is 225 Å². The monoisotopic (exact) mass is 943 g/mol. The molecule has 0 aliphatic rings. The van der Waals surface area contributed by atoms with Crippen molar-refractivity contribution in [1.82, 2.24) is 0 Å². The highest BCUT2D eigenvalue weighted by molar-refractivity contribution is 5.71. The van der Waals surface area contributed by atoms with Gasteiger partial charge in [0.2, 0.25) is 0 Å². The second-order valence-corrected chi connectivity index (χ2v) is 20.3. The molecule has 0 aromatic heterocycles. The van der Waals surface area contributed by atoms with Crippen molar-refractivity contribution < 1.29 is 28.6 Å². The Hall–Kier alpha value is -2.11. The summed E-state index contributed by atoms with van der Waals surface area (Å²) in [5.74, 6) is -0.862. The van der Waals surface area contributed by atoms with E-state index in [0.29, 0.717) is 19.3 Å². The standard InChI is InChI=1S/C61H114O6/c1-4-7-10-13-16-19-22-25-28-30-33-36-39-42-45-48-51-54-60(63)66-57-58(56-65-59(62)53-50-47-44-41-38-35-32-27-24-21-18-15-12-9-6-3)67-61(64)55-52-49-46-43-40-37-34-31-29-26-23-20-17-14-11-8-5-2/h25,27-28,32,58H,4-24,26,29-31,33-57H2,1-3H3. The Morgan fingerprint density at radius 1 is 0.284 bits per heavy atom. The second kappa shape index (κ2) is 56.5. The van der Waals surface area contributed by atoms with Crippen LogP contribution in [0.3, 0.4) is 0 Å². The molecule has 0 heterocycles. The Morgan fingerprint density at radius 2 is 0.493 bits per heavy atom. The number of carbonyl (C=O) groups is 3. The highest BCUT2D eigenvalue weighted by atomic mass is 16.6. The van der Waals surface area contributed by atoms with Crippen LogP contribution in [0.5, 0.6) is 0 Å². The summed E-state index contributed by atoms with van der Waals surface area (Å²) in [6, 6.07) is 0. The first-order chi connectivity index (χ1) is 33.0. The van der Waals surface area contributed by atoms with E-state index in [1.54, 1.807) is 0 Å². The van der Waals surface area contributed by atoms with Gasteiger partial charge in [-0.15, -0.1) is 0 Å². The molecule has 0 aromatic rings. The number of hydrogen-bond acceptors (Lipinski definition) is 6. The quantitative estimate of drug-likeness (QED) is 0.0262. The van der Waals surface area contributed by atoms with E-state index in [2.05, 4.69) is 45.1 Å². The largest absolute Gasteiger partial charge is 0.462 e. The molecule has 394 valence electrons. The summed E-state index contributed by atoms with van der Waals surface area (Å²) < 4.78 is 16.9. The van der Waals surface area contributed by atoms with Crippen LogP contribution in [0.1, 0.15) is 329 Å². The predicted octanol–water partition coefficient (Wildman–Crippen LogP) is 19.9. The molecule has 1 atom stereocenters. The number of ether oxygens (including phenoxy) is 3. The van der Waals surface area contributed by atoms with Gasteiger partial charge in [0.25, 0.3) is 0 Å². The minimum Gasteiger partial charge on any atom is -0.462 e. The molecule has 0 saturated carbocycles. The molecule has 0 fully saturated rings. The van der Waals surface area contributed by atoms with Gasteiger partial charge in [-0.2, -0.15) is 0 Å². The lowest BCUT2D eigenvalue weighted by atomic mass is 10.0. The summed E-state index contributed by atoms with van der Waals surface area (Å²) >= 11 is 0. The van der Waals surface area contributed by atoms with Crippen LogP contribution < -0.4 is 0 Å². The zero-order chi connectivity index (χ0) is 48.6. The molecule has 0 radical (unpaired) electrons. The molecule has 0 bridgehead atoms. The van der Waals surface area contributed by atoms with E-state index >= 15 is 0 Å². The molecule has 0 spiro atoms. The Labute approximate surface area is 417 Å². The summed E-state index contributed by atoms with van der Waals surface area (Å²) in [5, 5.41) is 0. The predicted molar refractivity (Wildman–Crippen MR) is 289 cm³/mol. The number of rotatable bonds is 55. The van der Waals surface area contributed by atoms with Crippen molar-refractivity contribution in [3.05, 3.63) is 24.3 Å². The fraction of sp³-hybridized carbons (Fsp3) is 0.885. The van der Waals surface area contributed by atoms with Crippen LogP contribution in [0.25, 0.3) is 0 Å². The Bertz CT molecular complexity index is 1080. The summed E-state index contributed by atoms with van der Waals surface area (Å²) in [4.78, 5) is 38.2. The third-order valence-electron chi connectivity index (χ3n) is 13.4. The molecule has 0 amide bonds. The SMILES string of the molecule is CCCCCCCCC=CCCCCCCCCCC(=O)OCC(COC(=O)CCCCCCCC=CCCCCCCCC)OC(=O)CCCCCCCCCCCCCCCCCCC. The summed E-state index contributed by atoms with van der Waals surface area (Å²) in [6.45, 7) is 6.67. The topological polar surface area (TPSA) is 78.9 Å². The normalized spacial score (nSPS) is 12.1. The molecule has 0 rings (SSSR count). The van der Waals surface area contributed by atoms with Crippen LogP contribution in [0.4, 0.5) is 0 Å². The molecule has 67 heavy (non-hydrogen) atoms. The summed E-state index contributed by atoms with van der Waals surface area (Å²) in [6.07, 6.45) is 65.9. The molecule has 0 aliphatic carbocycles. The van der Waals surface area contributed by atoms with Crippen LogP contribution in [0, 0.1) is 0 Å². The van der Waals surface area contributed by atoms with E-state index in [1.807, 2.05) is 0 Å². The molecule has 6 heteroatoms. The van der Waals surface area contributed by atoms with Crippen molar-refractivity contribution in [2.75, 3.05) is 13.2 Å². The molecule has 0 aromatic carbocycles. The lowest BCUT2D eigenvalue weighted by Gasteiger charge is -2.18. The van der Waals surface area contributed by atoms with Crippen molar-refractivity contribution in [1.29, 1.82) is 0 Å². The lowest BCUT2D eigenvalue weighted by molar-refractivity contribution is -0.167. The minimum absolute atomic E-state index is 0.0717. The van der Waals surface area contributed by atoms with Crippen molar-refractivity contribution in [3.63, 3.8) is 0 Å². The number of allylic oxidation sites excluding steroid dienone is 4. The zero-order valence-corrected chi connectivity index (χ0v) is 45.2. The first kappa shape index (κ1) is 64.9. The van der Waals surface area contributed by atoms with E-state index in [-0.39, 0.29) is 31.1 Å². The molecule has 1 unspecified atom stereocenters.